The van der Waals surface area contributed by atoms with Gasteiger partial charge in [-0.05, 0) is 25.0 Å². The number of amides is 2. The molecule has 25 heavy (non-hydrogen) atoms. The van der Waals surface area contributed by atoms with Gasteiger partial charge in [0.1, 0.15) is 6.04 Å². The van der Waals surface area contributed by atoms with Crippen molar-refractivity contribution in [2.45, 2.75) is 26.8 Å². The average Bonchev–Trinajstić information content (AvgIpc) is 3.15. The molecule has 1 atom stereocenters. The summed E-state index contributed by atoms with van der Waals surface area (Å²) in [5, 5.41) is 0. The topological polar surface area (TPSA) is 80.5 Å². The zero-order chi connectivity index (χ0) is 18.3. The molecule has 2 aliphatic rings. The standard InChI is InChI=1S/C20H20N2O3/c1-11(2)17(18(23)14-10-6-9-13(14)12(3)21)22-19(24)15-7-4-5-8-16(15)20(22)25/h4-11,17H,21H2,1-3H3/b13-12-/t17-/m0/s1. The number of ketones is 1. The maximum absolute atomic E-state index is 13.2. The molecule has 0 spiro atoms. The third-order valence-electron chi connectivity index (χ3n) is 4.51. The summed E-state index contributed by atoms with van der Waals surface area (Å²) in [5.41, 5.74) is 8.16. The molecule has 128 valence electrons. The van der Waals surface area contributed by atoms with Gasteiger partial charge in [-0.15, -0.1) is 0 Å². The predicted octanol–water partition coefficient (Wildman–Crippen LogP) is 2.61. The van der Waals surface area contributed by atoms with E-state index in [2.05, 4.69) is 0 Å². The minimum atomic E-state index is -0.868. The number of hydrogen-bond acceptors (Lipinski definition) is 4. The number of nitrogens with zero attached hydrogens (tertiary/aromatic N) is 1. The Morgan fingerprint density at radius 3 is 2.12 bits per heavy atom. The van der Waals surface area contributed by atoms with Crippen LogP contribution in [0.1, 0.15) is 41.5 Å². The summed E-state index contributed by atoms with van der Waals surface area (Å²) in [6.45, 7) is 5.37. The fraction of sp³-hybridized carbons (Fsp3) is 0.250. The lowest BCUT2D eigenvalue weighted by atomic mass is 9.90. The molecule has 0 saturated carbocycles. The molecular formula is C20H20N2O3. The van der Waals surface area contributed by atoms with Crippen LogP contribution in [0.25, 0.3) is 0 Å². The zero-order valence-corrected chi connectivity index (χ0v) is 14.4. The molecule has 1 heterocycles. The Morgan fingerprint density at radius 1 is 1.08 bits per heavy atom. The third kappa shape index (κ3) is 2.61. The zero-order valence-electron chi connectivity index (χ0n) is 14.4. The van der Waals surface area contributed by atoms with E-state index >= 15 is 0 Å². The van der Waals surface area contributed by atoms with Crippen molar-refractivity contribution in [3.8, 4) is 0 Å². The number of hydrogen-bond donors (Lipinski definition) is 1. The van der Waals surface area contributed by atoms with Crippen molar-refractivity contribution in [1.29, 1.82) is 0 Å². The number of Topliss-reactive ketones (excluding diaryl/α,β-unsaturated/α-hetero) is 1. The van der Waals surface area contributed by atoms with Crippen LogP contribution in [0.3, 0.4) is 0 Å². The number of rotatable bonds is 4. The monoisotopic (exact) mass is 336 g/mol. The summed E-state index contributed by atoms with van der Waals surface area (Å²) in [6, 6.07) is 5.78. The molecule has 0 bridgehead atoms. The van der Waals surface area contributed by atoms with E-state index < -0.39 is 17.9 Å². The largest absolute Gasteiger partial charge is 0.402 e. The molecule has 0 radical (unpaired) electrons. The average molecular weight is 336 g/mol. The number of benzene rings is 1. The van der Waals surface area contributed by atoms with Crippen molar-refractivity contribution in [2.24, 2.45) is 11.7 Å². The number of carbonyl (C=O) groups excluding carboxylic acids is 3. The molecule has 0 fully saturated rings. The van der Waals surface area contributed by atoms with E-state index in [9.17, 15) is 14.4 Å². The van der Waals surface area contributed by atoms with E-state index in [0.29, 0.717) is 28.0 Å². The first-order chi connectivity index (χ1) is 11.8. The van der Waals surface area contributed by atoms with Gasteiger partial charge >= 0.3 is 0 Å². The maximum Gasteiger partial charge on any atom is 0.262 e. The Kier molecular flexibility index (Phi) is 4.17. The van der Waals surface area contributed by atoms with E-state index in [1.54, 1.807) is 49.4 Å². The second kappa shape index (κ2) is 6.16. The molecule has 1 aromatic carbocycles. The van der Waals surface area contributed by atoms with Gasteiger partial charge in [0.2, 0.25) is 0 Å². The second-order valence-corrected chi connectivity index (χ2v) is 6.62. The first kappa shape index (κ1) is 16.9. The molecule has 1 aromatic rings. The van der Waals surface area contributed by atoms with E-state index in [1.165, 1.54) is 0 Å². The van der Waals surface area contributed by atoms with Crippen LogP contribution in [0, 0.1) is 5.92 Å². The lowest BCUT2D eigenvalue weighted by molar-refractivity contribution is -0.120. The molecule has 5 nitrogen and oxygen atoms in total. The Bertz CT molecular complexity index is 836. The van der Waals surface area contributed by atoms with Crippen LogP contribution in [0.4, 0.5) is 0 Å². The molecule has 1 aliphatic carbocycles. The molecule has 3 rings (SSSR count). The van der Waals surface area contributed by atoms with Gasteiger partial charge in [-0.2, -0.15) is 0 Å². The van der Waals surface area contributed by atoms with Gasteiger partial charge in [-0.25, -0.2) is 0 Å². The Balaban J connectivity index is 2.02. The minimum Gasteiger partial charge on any atom is -0.402 e. The number of carbonyl (C=O) groups is 3. The Morgan fingerprint density at radius 2 is 1.64 bits per heavy atom. The van der Waals surface area contributed by atoms with Gasteiger partial charge in [0, 0.05) is 16.8 Å². The summed E-state index contributed by atoms with van der Waals surface area (Å²) < 4.78 is 0. The molecule has 0 unspecified atom stereocenters. The van der Waals surface area contributed by atoms with Crippen molar-refractivity contribution in [1.82, 2.24) is 4.90 Å². The van der Waals surface area contributed by atoms with Crippen molar-refractivity contribution in [3.05, 3.63) is 70.5 Å². The smallest absolute Gasteiger partial charge is 0.262 e. The minimum absolute atomic E-state index is 0.226. The number of allylic oxidation sites excluding steroid dienone is 5. The van der Waals surface area contributed by atoms with Gasteiger partial charge in [-0.3, -0.25) is 19.3 Å². The highest BCUT2D eigenvalue weighted by atomic mass is 16.2. The molecule has 1 aliphatic heterocycles. The first-order valence-electron chi connectivity index (χ1n) is 8.20. The van der Waals surface area contributed by atoms with E-state index in [-0.39, 0.29) is 11.7 Å². The molecule has 2 N–H and O–H groups in total. The third-order valence-corrected chi connectivity index (χ3v) is 4.51. The highest BCUT2D eigenvalue weighted by molar-refractivity contribution is 6.24. The normalized spacial score (nSPS) is 19.4. The van der Waals surface area contributed by atoms with Crippen LogP contribution in [-0.4, -0.2) is 28.5 Å². The van der Waals surface area contributed by atoms with Gasteiger partial charge in [-0.1, -0.05) is 44.2 Å². The van der Waals surface area contributed by atoms with Gasteiger partial charge in [0.05, 0.1) is 11.1 Å². The summed E-state index contributed by atoms with van der Waals surface area (Å²) in [6.07, 6.45) is 5.20. The Hall–Kier alpha value is -2.95. The summed E-state index contributed by atoms with van der Waals surface area (Å²) in [4.78, 5) is 39.8. The van der Waals surface area contributed by atoms with Crippen molar-refractivity contribution >= 4 is 17.6 Å². The molecule has 0 saturated heterocycles. The molecule has 5 heteroatoms. The lowest BCUT2D eigenvalue weighted by Crippen LogP contribution is -2.48. The summed E-state index contributed by atoms with van der Waals surface area (Å²) in [7, 11) is 0. The van der Waals surface area contributed by atoms with Crippen LogP contribution >= 0.6 is 0 Å². The first-order valence-corrected chi connectivity index (χ1v) is 8.20. The van der Waals surface area contributed by atoms with Crippen LogP contribution < -0.4 is 5.73 Å². The fourth-order valence-corrected chi connectivity index (χ4v) is 3.32. The van der Waals surface area contributed by atoms with Crippen LogP contribution in [0.15, 0.2) is 59.3 Å². The highest BCUT2D eigenvalue weighted by Gasteiger charge is 2.44. The van der Waals surface area contributed by atoms with Crippen molar-refractivity contribution in [3.63, 3.8) is 0 Å². The van der Waals surface area contributed by atoms with E-state index in [1.807, 2.05) is 13.8 Å². The fourth-order valence-electron chi connectivity index (χ4n) is 3.32. The van der Waals surface area contributed by atoms with Crippen molar-refractivity contribution in [2.75, 3.05) is 0 Å². The lowest BCUT2D eigenvalue weighted by Gasteiger charge is -2.29. The van der Waals surface area contributed by atoms with Crippen LogP contribution in [-0.2, 0) is 4.79 Å². The summed E-state index contributed by atoms with van der Waals surface area (Å²) >= 11 is 0. The van der Waals surface area contributed by atoms with Crippen molar-refractivity contribution < 1.29 is 14.4 Å². The number of nitrogens with two attached hydrogens (primary N) is 1. The van der Waals surface area contributed by atoms with E-state index in [0.717, 1.165) is 4.90 Å². The maximum atomic E-state index is 13.2. The molecule has 0 aromatic heterocycles. The van der Waals surface area contributed by atoms with Crippen LogP contribution in [0.5, 0.6) is 0 Å². The second-order valence-electron chi connectivity index (χ2n) is 6.62. The molecular weight excluding hydrogens is 316 g/mol. The van der Waals surface area contributed by atoms with Gasteiger partial charge in [0.25, 0.3) is 11.8 Å². The predicted molar refractivity (Wildman–Crippen MR) is 94.7 cm³/mol. The van der Waals surface area contributed by atoms with Gasteiger partial charge in [0.15, 0.2) is 5.78 Å². The highest BCUT2D eigenvalue weighted by Crippen LogP contribution is 2.31. The van der Waals surface area contributed by atoms with Gasteiger partial charge < -0.3 is 5.73 Å². The quantitative estimate of drug-likeness (QED) is 0.857. The SMILES string of the molecule is C/C(N)=C1\C=CC=C1C(=O)[C@H](C(C)C)N1C(=O)c2ccccc2C1=O. The Labute approximate surface area is 146 Å². The van der Waals surface area contributed by atoms with E-state index in [4.69, 9.17) is 5.73 Å². The number of imide groups is 1. The molecule has 2 amide bonds. The van der Waals surface area contributed by atoms with Crippen LogP contribution in [0.2, 0.25) is 0 Å². The number of fused-ring (bicyclic) bond motifs is 1. The summed E-state index contributed by atoms with van der Waals surface area (Å²) in [5.74, 6) is -1.34.